The summed E-state index contributed by atoms with van der Waals surface area (Å²) in [5.41, 5.74) is 8.47. The van der Waals surface area contributed by atoms with Crippen molar-refractivity contribution in [1.82, 2.24) is 10.6 Å². The minimum absolute atomic E-state index is 0.0999. The Kier molecular flexibility index (Phi) is 14.9. The van der Waals surface area contributed by atoms with Gasteiger partial charge in [0, 0.05) is 48.2 Å². The molecule has 2 aliphatic carbocycles. The molecule has 0 radical (unpaired) electrons. The summed E-state index contributed by atoms with van der Waals surface area (Å²) in [7, 11) is 0. The first-order chi connectivity index (χ1) is 32.6. The Morgan fingerprint density at radius 1 is 0.507 bits per heavy atom. The lowest BCUT2D eigenvalue weighted by molar-refractivity contribution is -0.115. The molecular weight excluding hydrogens is 865 g/mol. The second-order valence-electron chi connectivity index (χ2n) is 21.1. The molecular formula is C58H66N4O7. The zero-order valence-electron chi connectivity index (χ0n) is 41.4. The van der Waals surface area contributed by atoms with Crippen LogP contribution in [-0.4, -0.2) is 55.0 Å². The number of ketones is 2. The fourth-order valence-corrected chi connectivity index (χ4v) is 8.57. The topological polar surface area (TPSA) is 155 Å². The number of hydrogen-bond donors (Lipinski definition) is 5. The minimum atomic E-state index is -0.377. The average molecular weight is 931 g/mol. The zero-order chi connectivity index (χ0) is 49.7. The van der Waals surface area contributed by atoms with Crippen LogP contribution in [0.4, 0.5) is 21.0 Å². The van der Waals surface area contributed by atoms with Gasteiger partial charge in [0.25, 0.3) is 0 Å². The van der Waals surface area contributed by atoms with E-state index in [1.165, 1.54) is 12.2 Å². The molecule has 0 unspecified atom stereocenters. The van der Waals surface area contributed by atoms with Crippen molar-refractivity contribution >= 4 is 35.0 Å². The molecule has 11 nitrogen and oxygen atoms in total. The van der Waals surface area contributed by atoms with E-state index >= 15 is 0 Å². The number of allylic oxidation sites excluding steroid dienone is 4. The summed E-state index contributed by atoms with van der Waals surface area (Å²) in [5, 5.41) is 24.0. The van der Waals surface area contributed by atoms with Crippen molar-refractivity contribution in [3.05, 3.63) is 170 Å². The van der Waals surface area contributed by atoms with Crippen LogP contribution in [0.15, 0.2) is 120 Å². The van der Waals surface area contributed by atoms with Gasteiger partial charge in [0.05, 0.1) is 13.1 Å². The molecule has 5 N–H and O–H groups in total. The number of urea groups is 2. The number of rotatable bonds is 10. The van der Waals surface area contributed by atoms with E-state index < -0.39 is 0 Å². The molecule has 0 aliphatic heterocycles. The van der Waals surface area contributed by atoms with Crippen molar-refractivity contribution in [2.75, 3.05) is 36.9 Å². The van der Waals surface area contributed by atoms with Gasteiger partial charge in [-0.25, -0.2) is 9.59 Å². The maximum atomic E-state index is 14.8. The standard InChI is InChI=1S/C58H66N4O7/c1-56(2,3)44-28-36-24-40-30-45(57(4,5)6)32-42(52(40)68-22-20-59-54(66)61-47-16-12-10-13-17-47)26-38-34-49(63)35-39(51(38)65)27-43-33-46(58(7,8)9)31-41(25-37(29-44)50(36)64)53(43)69-23-21-60-55(67)62-48-18-14-11-15-19-48/h10-19,28-35,64H,20-27H2,1-9H3,(H2,59,61,66)(H2,60,62,67). The van der Waals surface area contributed by atoms with Crippen LogP contribution in [0.5, 0.6) is 17.2 Å². The molecule has 0 saturated carbocycles. The third kappa shape index (κ3) is 12.7. The highest BCUT2D eigenvalue weighted by atomic mass is 16.5. The van der Waals surface area contributed by atoms with Gasteiger partial charge in [-0.1, -0.05) is 135 Å². The number of para-hydroxylation sites is 2. The van der Waals surface area contributed by atoms with Crippen molar-refractivity contribution < 1.29 is 33.8 Å². The summed E-state index contributed by atoms with van der Waals surface area (Å²) >= 11 is 0. The fraction of sp³-hybridized carbons (Fsp3) is 0.345. The predicted molar refractivity (Wildman–Crippen MR) is 274 cm³/mol. The fourth-order valence-electron chi connectivity index (χ4n) is 8.57. The van der Waals surface area contributed by atoms with Crippen molar-refractivity contribution in [1.29, 1.82) is 0 Å². The highest BCUT2D eigenvalue weighted by Crippen LogP contribution is 2.42. The van der Waals surface area contributed by atoms with Crippen LogP contribution in [0.1, 0.15) is 112 Å². The van der Waals surface area contributed by atoms with Gasteiger partial charge in [-0.05, 0) is 103 Å². The van der Waals surface area contributed by atoms with Crippen LogP contribution in [0, 0.1) is 0 Å². The largest absolute Gasteiger partial charge is 0.507 e. The second kappa shape index (κ2) is 20.6. The number of benzene rings is 5. The highest BCUT2D eigenvalue weighted by molar-refractivity contribution is 6.20. The molecule has 0 atom stereocenters. The minimum Gasteiger partial charge on any atom is -0.507 e. The molecule has 7 rings (SSSR count). The molecule has 69 heavy (non-hydrogen) atoms. The number of phenols is 1. The molecule has 5 aromatic rings. The average Bonchev–Trinajstić information content (AvgIpc) is 3.27. The quantitative estimate of drug-likeness (QED) is 0.0690. The van der Waals surface area contributed by atoms with Gasteiger partial charge < -0.3 is 35.8 Å². The van der Waals surface area contributed by atoms with Gasteiger partial charge >= 0.3 is 12.1 Å². The van der Waals surface area contributed by atoms with Gasteiger partial charge in [-0.15, -0.1) is 0 Å². The number of ether oxygens (including phenoxy) is 2. The Hall–Kier alpha value is -7.14. The summed E-state index contributed by atoms with van der Waals surface area (Å²) in [5.74, 6) is 0.670. The Morgan fingerprint density at radius 2 is 0.841 bits per heavy atom. The Morgan fingerprint density at radius 3 is 1.19 bits per heavy atom. The van der Waals surface area contributed by atoms with Crippen LogP contribution < -0.4 is 30.7 Å². The van der Waals surface area contributed by atoms with Gasteiger partial charge in [0.15, 0.2) is 11.6 Å². The number of carbonyl (C=O) groups is 4. The number of fused-ring (bicyclic) bond motifs is 8. The summed E-state index contributed by atoms with van der Waals surface area (Å²) in [6.45, 7) is 19.8. The maximum absolute atomic E-state index is 14.8. The number of anilines is 2. The van der Waals surface area contributed by atoms with Crippen molar-refractivity contribution in [2.45, 2.75) is 104 Å². The Balaban J connectivity index is 1.33. The first kappa shape index (κ1) is 49.8. The second-order valence-corrected chi connectivity index (χ2v) is 21.1. The van der Waals surface area contributed by atoms with Gasteiger partial charge in [-0.2, -0.15) is 0 Å². The first-order valence-electron chi connectivity index (χ1n) is 23.8. The van der Waals surface area contributed by atoms with E-state index in [-0.39, 0.29) is 97.6 Å². The lowest BCUT2D eigenvalue weighted by Gasteiger charge is -2.28. The number of amides is 4. The Bertz CT molecular complexity index is 2630. The summed E-state index contributed by atoms with van der Waals surface area (Å²) in [4.78, 5) is 54.3. The lowest BCUT2D eigenvalue weighted by Crippen LogP contribution is -2.32. The molecule has 0 spiro atoms. The van der Waals surface area contributed by atoms with E-state index in [2.05, 4.69) is 108 Å². The van der Waals surface area contributed by atoms with E-state index in [9.17, 15) is 24.3 Å². The summed E-state index contributed by atoms with van der Waals surface area (Å²) in [6, 6.07) is 30.0. The SMILES string of the molecule is CC(C)(C)c1cc2c(O)c(c1)Cc1cc(C(C)(C)C)cc(c1OCCNC(=O)Nc1ccccc1)CC1=CC(=O)C=C(Cc3cc(C(C)(C)C)cc(c3OCCNC(=O)Nc3ccccc3)C2)C1=O. The smallest absolute Gasteiger partial charge is 0.319 e. The lowest BCUT2D eigenvalue weighted by atomic mass is 9.79. The van der Waals surface area contributed by atoms with E-state index in [1.807, 2.05) is 48.5 Å². The van der Waals surface area contributed by atoms with Gasteiger partial charge in [0.2, 0.25) is 0 Å². The number of hydrogen-bond acceptors (Lipinski definition) is 7. The van der Waals surface area contributed by atoms with Crippen molar-refractivity contribution in [3.8, 4) is 17.2 Å². The monoisotopic (exact) mass is 930 g/mol. The van der Waals surface area contributed by atoms with Gasteiger partial charge in [-0.3, -0.25) is 9.59 Å². The van der Waals surface area contributed by atoms with Crippen LogP contribution in [0.2, 0.25) is 0 Å². The molecule has 11 heteroatoms. The molecule has 0 fully saturated rings. The molecule has 4 amide bonds. The molecule has 0 aromatic heterocycles. The van der Waals surface area contributed by atoms with E-state index in [0.717, 1.165) is 27.8 Å². The molecule has 2 aliphatic rings. The number of carbonyl (C=O) groups excluding carboxylic acids is 4. The van der Waals surface area contributed by atoms with Crippen LogP contribution in [0.3, 0.4) is 0 Å². The number of nitrogens with one attached hydrogen (secondary N) is 4. The number of Topliss-reactive ketones (excluding diaryl/α,β-unsaturated/α-hetero) is 1. The first-order valence-corrected chi connectivity index (χ1v) is 23.8. The molecule has 0 heterocycles. The predicted octanol–water partition coefficient (Wildman–Crippen LogP) is 11.0. The van der Waals surface area contributed by atoms with E-state index in [1.54, 1.807) is 24.3 Å². The molecule has 5 aromatic carbocycles. The van der Waals surface area contributed by atoms with Crippen molar-refractivity contribution in [2.24, 2.45) is 0 Å². The summed E-state index contributed by atoms with van der Waals surface area (Å²) in [6.07, 6.45) is 3.60. The van der Waals surface area contributed by atoms with E-state index in [4.69, 9.17) is 9.47 Å². The maximum Gasteiger partial charge on any atom is 0.319 e. The normalized spacial score (nSPS) is 14.0. The highest BCUT2D eigenvalue weighted by Gasteiger charge is 2.30. The number of phenolic OH excluding ortho intramolecular Hbond substituents is 1. The molecule has 8 bridgehead atoms. The third-order valence-corrected chi connectivity index (χ3v) is 12.4. The Labute approximate surface area is 406 Å². The number of aromatic hydroxyl groups is 1. The summed E-state index contributed by atoms with van der Waals surface area (Å²) < 4.78 is 13.3. The van der Waals surface area contributed by atoms with Crippen molar-refractivity contribution in [3.63, 3.8) is 0 Å². The molecule has 360 valence electrons. The molecule has 0 saturated heterocycles. The van der Waals surface area contributed by atoms with Crippen LogP contribution >= 0.6 is 0 Å². The van der Waals surface area contributed by atoms with E-state index in [0.29, 0.717) is 56.3 Å². The third-order valence-electron chi connectivity index (χ3n) is 12.4. The van der Waals surface area contributed by atoms with Crippen LogP contribution in [0.25, 0.3) is 0 Å². The zero-order valence-corrected chi connectivity index (χ0v) is 41.4. The van der Waals surface area contributed by atoms with Crippen LogP contribution in [-0.2, 0) is 51.5 Å². The van der Waals surface area contributed by atoms with Gasteiger partial charge in [0.1, 0.15) is 30.5 Å².